The summed E-state index contributed by atoms with van der Waals surface area (Å²) in [5, 5.41) is 0. The molecule has 0 fully saturated rings. The van der Waals surface area contributed by atoms with Crippen molar-refractivity contribution in [2.24, 2.45) is 0 Å². The number of halogens is 1. The molecule has 4 nitrogen and oxygen atoms in total. The molecule has 0 aliphatic heterocycles. The Kier molecular flexibility index (Phi) is 44.0. The van der Waals surface area contributed by atoms with Crippen LogP contribution in [0.1, 0.15) is 278 Å². The van der Waals surface area contributed by atoms with Crippen LogP contribution in [0, 0.1) is 0 Å². The van der Waals surface area contributed by atoms with Crippen LogP contribution in [0.3, 0.4) is 0 Å². The molecule has 1 aromatic rings. The van der Waals surface area contributed by atoms with Gasteiger partial charge in [0, 0.05) is 5.56 Å². The van der Waals surface area contributed by atoms with Crippen LogP contribution in [0.2, 0.25) is 0 Å². The van der Waals surface area contributed by atoms with Crippen LogP contribution in [-0.4, -0.2) is 43.9 Å². The third-order valence-electron chi connectivity index (χ3n) is 12.8. The first kappa shape index (κ1) is 59.1. The summed E-state index contributed by atoms with van der Waals surface area (Å²) >= 11 is 0. The Balaban J connectivity index is 0.0000348. The van der Waals surface area contributed by atoms with E-state index in [1.54, 1.807) is 0 Å². The van der Waals surface area contributed by atoms with Crippen molar-refractivity contribution < 1.29 is 35.7 Å². The minimum atomic E-state index is 0. The van der Waals surface area contributed by atoms with Gasteiger partial charge in [0.05, 0.1) is 39.5 Å². The molecular weight excluding hydrogens is 803 g/mol. The molecule has 1 aromatic carbocycles. The fourth-order valence-electron chi connectivity index (χ4n) is 8.83. The predicted octanol–water partition coefficient (Wildman–Crippen LogP) is 15.3. The van der Waals surface area contributed by atoms with E-state index in [1.165, 1.54) is 242 Å². The van der Waals surface area contributed by atoms with Gasteiger partial charge < -0.3 is 35.7 Å². The second-order valence-electron chi connectivity index (χ2n) is 18.7. The van der Waals surface area contributed by atoms with Gasteiger partial charge in [-0.2, -0.15) is 0 Å². The van der Waals surface area contributed by atoms with Crippen LogP contribution in [-0.2, 0) is 6.54 Å². The molecule has 1 rings (SSSR count). The standard InChI is InChI=1S/C55H106NO3.BrH/c1-7-13-19-22-25-28-31-34-37-40-46-57-53-49-52(51-56(43-16-10-4,44-17-11-5)45-18-12-6)50-54(58-47-41-38-35-32-29-26-23-20-14-8-2)55(53)59-48-42-39-36-33-30-27-24-21-15-9-3;/h49-50H,7-48,51H2,1-6H3;1H/q+1;/p-1. The molecular formula is C55H106BrNO3. The molecule has 0 N–H and O–H groups in total. The topological polar surface area (TPSA) is 27.7 Å². The van der Waals surface area contributed by atoms with Crippen molar-refractivity contribution in [2.75, 3.05) is 39.5 Å². The highest BCUT2D eigenvalue weighted by Gasteiger charge is 2.28. The van der Waals surface area contributed by atoms with E-state index in [4.69, 9.17) is 14.2 Å². The summed E-state index contributed by atoms with van der Waals surface area (Å²) in [5.74, 6) is 2.74. The maximum absolute atomic E-state index is 6.79. The molecule has 60 heavy (non-hydrogen) atoms. The summed E-state index contributed by atoms with van der Waals surface area (Å²) in [5.41, 5.74) is 1.37. The van der Waals surface area contributed by atoms with Crippen LogP contribution in [0.4, 0.5) is 0 Å². The van der Waals surface area contributed by atoms with Gasteiger partial charge in [-0.25, -0.2) is 0 Å². The van der Waals surface area contributed by atoms with Gasteiger partial charge in [-0.05, 0) is 50.7 Å². The lowest BCUT2D eigenvalue weighted by molar-refractivity contribution is -0.941. The molecule has 5 heteroatoms. The van der Waals surface area contributed by atoms with Crippen LogP contribution in [0.15, 0.2) is 12.1 Å². The average Bonchev–Trinajstić information content (AvgIpc) is 3.24. The van der Waals surface area contributed by atoms with Crippen molar-refractivity contribution >= 4 is 0 Å². The van der Waals surface area contributed by atoms with Gasteiger partial charge in [0.15, 0.2) is 11.5 Å². The van der Waals surface area contributed by atoms with Crippen LogP contribution >= 0.6 is 0 Å². The molecule has 0 unspecified atom stereocenters. The molecule has 0 aliphatic carbocycles. The smallest absolute Gasteiger partial charge is 0.203 e. The molecule has 0 radical (unpaired) electrons. The Morgan fingerprint density at radius 3 is 0.850 bits per heavy atom. The van der Waals surface area contributed by atoms with Crippen molar-refractivity contribution in [2.45, 2.75) is 279 Å². The second-order valence-corrected chi connectivity index (χ2v) is 18.7. The van der Waals surface area contributed by atoms with E-state index in [9.17, 15) is 0 Å². The number of ether oxygens (including phenoxy) is 3. The Morgan fingerprint density at radius 2 is 0.567 bits per heavy atom. The average molecular weight is 909 g/mol. The summed E-state index contributed by atoms with van der Waals surface area (Å²) < 4.78 is 21.5. The fraction of sp³-hybridized carbons (Fsp3) is 0.891. The Morgan fingerprint density at radius 1 is 0.317 bits per heavy atom. The number of hydrogen-bond acceptors (Lipinski definition) is 3. The number of benzene rings is 1. The number of hydrogen-bond donors (Lipinski definition) is 0. The zero-order valence-corrected chi connectivity index (χ0v) is 43.2. The van der Waals surface area contributed by atoms with Gasteiger partial charge in [0.25, 0.3) is 0 Å². The van der Waals surface area contributed by atoms with E-state index in [0.717, 1.165) is 62.9 Å². The summed E-state index contributed by atoms with van der Waals surface area (Å²) in [6, 6.07) is 4.74. The van der Waals surface area contributed by atoms with Crippen molar-refractivity contribution in [3.05, 3.63) is 17.7 Å². The lowest BCUT2D eigenvalue weighted by Gasteiger charge is -2.39. The Labute approximate surface area is 387 Å². The SMILES string of the molecule is CCCCCCCCCCCCOc1cc(C[N+](CCCC)(CCCC)CCCC)cc(OCCCCCCCCCCCC)c1OCCCCCCCCCCCC.[Br-]. The first-order chi connectivity index (χ1) is 29.1. The van der Waals surface area contributed by atoms with E-state index >= 15 is 0 Å². The molecule has 0 bridgehead atoms. The summed E-state index contributed by atoms with van der Waals surface area (Å²) in [4.78, 5) is 0. The third-order valence-corrected chi connectivity index (χ3v) is 12.8. The highest BCUT2D eigenvalue weighted by Crippen LogP contribution is 2.41. The lowest BCUT2D eigenvalue weighted by atomic mass is 10.1. The summed E-state index contributed by atoms with van der Waals surface area (Å²) in [6.45, 7) is 21.1. The van der Waals surface area contributed by atoms with Gasteiger partial charge in [0.2, 0.25) is 5.75 Å². The van der Waals surface area contributed by atoms with Gasteiger partial charge in [-0.15, -0.1) is 0 Å². The zero-order valence-electron chi connectivity index (χ0n) is 41.6. The minimum Gasteiger partial charge on any atom is -1.00 e. The van der Waals surface area contributed by atoms with Crippen LogP contribution in [0.5, 0.6) is 17.2 Å². The van der Waals surface area contributed by atoms with Crippen molar-refractivity contribution in [3.8, 4) is 17.2 Å². The van der Waals surface area contributed by atoms with E-state index in [2.05, 4.69) is 53.7 Å². The van der Waals surface area contributed by atoms with Gasteiger partial charge in [-0.1, -0.05) is 234 Å². The Bertz CT molecular complexity index is 949. The third kappa shape index (κ3) is 32.7. The molecule has 0 spiro atoms. The highest BCUT2D eigenvalue weighted by molar-refractivity contribution is 5.54. The van der Waals surface area contributed by atoms with Gasteiger partial charge >= 0.3 is 0 Å². The quantitative estimate of drug-likeness (QED) is 0.0482. The molecule has 0 aliphatic rings. The molecule has 0 amide bonds. The zero-order chi connectivity index (χ0) is 42.8. The number of unbranched alkanes of at least 4 members (excludes halogenated alkanes) is 30. The number of quaternary nitrogens is 1. The maximum atomic E-state index is 6.79. The van der Waals surface area contributed by atoms with Crippen molar-refractivity contribution in [1.82, 2.24) is 0 Å². The van der Waals surface area contributed by atoms with E-state index < -0.39 is 0 Å². The van der Waals surface area contributed by atoms with E-state index in [0.29, 0.717) is 0 Å². The maximum Gasteiger partial charge on any atom is 0.203 e. The van der Waals surface area contributed by atoms with Crippen LogP contribution in [0.25, 0.3) is 0 Å². The highest BCUT2D eigenvalue weighted by atomic mass is 79.9. The van der Waals surface area contributed by atoms with Crippen molar-refractivity contribution in [1.29, 1.82) is 0 Å². The van der Waals surface area contributed by atoms with Crippen LogP contribution < -0.4 is 31.2 Å². The molecule has 0 saturated heterocycles. The lowest BCUT2D eigenvalue weighted by Crippen LogP contribution is -3.00. The van der Waals surface area contributed by atoms with Gasteiger partial charge in [-0.3, -0.25) is 0 Å². The summed E-state index contributed by atoms with van der Waals surface area (Å²) in [7, 11) is 0. The molecule has 0 saturated carbocycles. The molecule has 0 heterocycles. The number of rotatable bonds is 47. The predicted molar refractivity (Wildman–Crippen MR) is 262 cm³/mol. The number of nitrogens with zero attached hydrogens (tertiary/aromatic N) is 1. The minimum absolute atomic E-state index is 0. The van der Waals surface area contributed by atoms with E-state index in [-0.39, 0.29) is 17.0 Å². The van der Waals surface area contributed by atoms with Crippen molar-refractivity contribution in [3.63, 3.8) is 0 Å². The Hall–Kier alpha value is -0.940. The van der Waals surface area contributed by atoms with E-state index in [1.807, 2.05) is 0 Å². The second kappa shape index (κ2) is 44.7. The molecule has 0 atom stereocenters. The summed E-state index contributed by atoms with van der Waals surface area (Å²) in [6.07, 6.45) is 47.7. The fourth-order valence-corrected chi connectivity index (χ4v) is 8.83. The monoisotopic (exact) mass is 908 g/mol. The normalized spacial score (nSPS) is 11.6. The molecule has 0 aromatic heterocycles. The largest absolute Gasteiger partial charge is 1.00 e. The molecule has 356 valence electrons. The van der Waals surface area contributed by atoms with Gasteiger partial charge in [0.1, 0.15) is 6.54 Å². The first-order valence-corrected chi connectivity index (χ1v) is 27.0. The first-order valence-electron chi connectivity index (χ1n) is 27.0.